The second kappa shape index (κ2) is 7.13. The van der Waals surface area contributed by atoms with Crippen LogP contribution in [-0.4, -0.2) is 21.4 Å². The van der Waals surface area contributed by atoms with Gasteiger partial charge in [0.15, 0.2) is 0 Å². The Morgan fingerprint density at radius 1 is 1.22 bits per heavy atom. The molecule has 27 heavy (non-hydrogen) atoms. The van der Waals surface area contributed by atoms with Crippen molar-refractivity contribution in [3.05, 3.63) is 80.5 Å². The summed E-state index contributed by atoms with van der Waals surface area (Å²) in [5.41, 5.74) is 8.99. The fourth-order valence-corrected chi connectivity index (χ4v) is 3.51. The lowest BCUT2D eigenvalue weighted by Gasteiger charge is -2.28. The number of halogens is 2. The smallest absolute Gasteiger partial charge is 0.254 e. The summed E-state index contributed by atoms with van der Waals surface area (Å²) in [6.45, 7) is 1.55. The van der Waals surface area contributed by atoms with Gasteiger partial charge in [0.25, 0.3) is 5.56 Å². The van der Waals surface area contributed by atoms with E-state index in [0.717, 1.165) is 11.3 Å². The molecule has 0 atom stereocenters. The molecule has 0 spiro atoms. The van der Waals surface area contributed by atoms with Crippen molar-refractivity contribution in [3.63, 3.8) is 0 Å². The summed E-state index contributed by atoms with van der Waals surface area (Å²) in [4.78, 5) is 22.0. The maximum absolute atomic E-state index is 14.2. The topological polar surface area (TPSA) is 75.0 Å². The number of benzene rings is 2. The van der Waals surface area contributed by atoms with Gasteiger partial charge in [-0.15, -0.1) is 0 Å². The third kappa shape index (κ3) is 3.59. The minimum Gasteiger partial charge on any atom is -0.399 e. The van der Waals surface area contributed by atoms with Crippen molar-refractivity contribution < 1.29 is 4.39 Å². The van der Waals surface area contributed by atoms with Crippen molar-refractivity contribution in [2.24, 2.45) is 0 Å². The number of nitrogens with one attached hydrogen (secondary N) is 1. The van der Waals surface area contributed by atoms with E-state index in [1.807, 2.05) is 12.1 Å². The molecule has 4 rings (SSSR count). The molecular formula is C20H18ClFN4O. The van der Waals surface area contributed by atoms with E-state index < -0.39 is 5.82 Å². The first-order chi connectivity index (χ1) is 13.0. The highest BCUT2D eigenvalue weighted by Gasteiger charge is 2.22. The number of nitrogens with zero attached hydrogens (tertiary/aromatic N) is 2. The average Bonchev–Trinajstić information content (AvgIpc) is 2.66. The van der Waals surface area contributed by atoms with Crippen LogP contribution in [0.15, 0.2) is 47.3 Å². The first-order valence-corrected chi connectivity index (χ1v) is 9.02. The third-order valence-electron chi connectivity index (χ3n) is 4.76. The Balaban J connectivity index is 1.62. The van der Waals surface area contributed by atoms with Crippen molar-refractivity contribution in [2.45, 2.75) is 19.5 Å². The van der Waals surface area contributed by atoms with Crippen molar-refractivity contribution in [1.29, 1.82) is 0 Å². The zero-order valence-corrected chi connectivity index (χ0v) is 15.3. The largest absolute Gasteiger partial charge is 0.399 e. The highest BCUT2D eigenvalue weighted by atomic mass is 35.5. The van der Waals surface area contributed by atoms with Crippen LogP contribution >= 0.6 is 11.6 Å². The molecule has 2 aromatic carbocycles. The molecule has 1 aliphatic rings. The SMILES string of the molecule is Nc1ccc(-c2nc3c(c(=O)[nH]2)CCN(Cc2cccc(Cl)c2F)C3)cc1. The Hall–Kier alpha value is -2.70. The van der Waals surface area contributed by atoms with Gasteiger partial charge in [-0.05, 0) is 36.8 Å². The Morgan fingerprint density at radius 2 is 2.00 bits per heavy atom. The first kappa shape index (κ1) is 17.7. The lowest BCUT2D eigenvalue weighted by molar-refractivity contribution is 0.237. The summed E-state index contributed by atoms with van der Waals surface area (Å²) < 4.78 is 14.2. The number of nitrogens with two attached hydrogens (primary N) is 1. The van der Waals surface area contributed by atoms with E-state index in [2.05, 4.69) is 14.9 Å². The summed E-state index contributed by atoms with van der Waals surface area (Å²) >= 11 is 5.87. The molecule has 138 valence electrons. The van der Waals surface area contributed by atoms with Gasteiger partial charge in [0.1, 0.15) is 11.6 Å². The minimum absolute atomic E-state index is 0.116. The van der Waals surface area contributed by atoms with Gasteiger partial charge in [0.05, 0.1) is 10.7 Å². The molecule has 2 heterocycles. The van der Waals surface area contributed by atoms with Crippen LogP contribution in [0.5, 0.6) is 0 Å². The van der Waals surface area contributed by atoms with E-state index in [9.17, 15) is 9.18 Å². The number of aromatic amines is 1. The molecular weight excluding hydrogens is 367 g/mol. The van der Waals surface area contributed by atoms with Crippen LogP contribution in [0.2, 0.25) is 5.02 Å². The first-order valence-electron chi connectivity index (χ1n) is 8.64. The zero-order valence-electron chi connectivity index (χ0n) is 14.5. The fourth-order valence-electron chi connectivity index (χ4n) is 3.32. The van der Waals surface area contributed by atoms with Crippen LogP contribution in [-0.2, 0) is 19.5 Å². The normalized spacial score (nSPS) is 14.1. The maximum atomic E-state index is 14.2. The lowest BCUT2D eigenvalue weighted by Crippen LogP contribution is -2.35. The highest BCUT2D eigenvalue weighted by Crippen LogP contribution is 2.23. The van der Waals surface area contributed by atoms with E-state index in [0.29, 0.717) is 48.7 Å². The monoisotopic (exact) mass is 384 g/mol. The van der Waals surface area contributed by atoms with Crippen LogP contribution < -0.4 is 11.3 Å². The number of anilines is 1. The average molecular weight is 385 g/mol. The van der Waals surface area contributed by atoms with Gasteiger partial charge < -0.3 is 10.7 Å². The van der Waals surface area contributed by atoms with E-state index in [1.54, 1.807) is 24.3 Å². The van der Waals surface area contributed by atoms with E-state index in [4.69, 9.17) is 17.3 Å². The van der Waals surface area contributed by atoms with Crippen LogP contribution in [0.25, 0.3) is 11.4 Å². The number of rotatable bonds is 3. The van der Waals surface area contributed by atoms with E-state index in [1.165, 1.54) is 6.07 Å². The molecule has 3 N–H and O–H groups in total. The second-order valence-electron chi connectivity index (χ2n) is 6.64. The maximum Gasteiger partial charge on any atom is 0.254 e. The van der Waals surface area contributed by atoms with Crippen molar-refractivity contribution in [1.82, 2.24) is 14.9 Å². The van der Waals surface area contributed by atoms with Crippen molar-refractivity contribution >= 4 is 17.3 Å². The highest BCUT2D eigenvalue weighted by molar-refractivity contribution is 6.30. The van der Waals surface area contributed by atoms with Gasteiger partial charge >= 0.3 is 0 Å². The summed E-state index contributed by atoms with van der Waals surface area (Å²) in [5.74, 6) is 0.112. The summed E-state index contributed by atoms with van der Waals surface area (Å²) in [6.07, 6.45) is 0.571. The quantitative estimate of drug-likeness (QED) is 0.679. The predicted molar refractivity (Wildman–Crippen MR) is 104 cm³/mol. The standard InChI is InChI=1S/C20H18ClFN4O/c21-16-3-1-2-13(18(16)22)10-26-9-8-15-17(11-26)24-19(25-20(15)27)12-4-6-14(23)7-5-12/h1-7H,8-11,23H2,(H,24,25,27). The number of hydrogen-bond acceptors (Lipinski definition) is 4. The molecule has 0 bridgehead atoms. The number of H-pyrrole nitrogens is 1. The van der Waals surface area contributed by atoms with E-state index >= 15 is 0 Å². The summed E-state index contributed by atoms with van der Waals surface area (Å²) in [6, 6.07) is 12.2. The number of aromatic nitrogens is 2. The lowest BCUT2D eigenvalue weighted by atomic mass is 10.0. The van der Waals surface area contributed by atoms with Crippen molar-refractivity contribution in [2.75, 3.05) is 12.3 Å². The fraction of sp³-hybridized carbons (Fsp3) is 0.200. The van der Waals surface area contributed by atoms with Crippen molar-refractivity contribution in [3.8, 4) is 11.4 Å². The molecule has 3 aromatic rings. The minimum atomic E-state index is -0.397. The molecule has 0 saturated heterocycles. The molecule has 1 aromatic heterocycles. The molecule has 1 aliphatic heterocycles. The van der Waals surface area contributed by atoms with Crippen LogP contribution in [0.3, 0.4) is 0 Å². The molecule has 5 nitrogen and oxygen atoms in total. The van der Waals surface area contributed by atoms with Crippen LogP contribution in [0.4, 0.5) is 10.1 Å². The Bertz CT molecular complexity index is 1050. The Kier molecular flexibility index (Phi) is 4.68. The number of fused-ring (bicyclic) bond motifs is 1. The summed E-state index contributed by atoms with van der Waals surface area (Å²) in [5, 5.41) is 0.116. The second-order valence-corrected chi connectivity index (χ2v) is 7.04. The van der Waals surface area contributed by atoms with Crippen LogP contribution in [0.1, 0.15) is 16.8 Å². The number of hydrogen-bond donors (Lipinski definition) is 2. The molecule has 0 unspecified atom stereocenters. The van der Waals surface area contributed by atoms with E-state index in [-0.39, 0.29) is 10.6 Å². The predicted octanol–water partition coefficient (Wildman–Crippen LogP) is 3.37. The number of nitrogen functional groups attached to an aromatic ring is 1. The Morgan fingerprint density at radius 3 is 2.78 bits per heavy atom. The molecule has 7 heteroatoms. The van der Waals surface area contributed by atoms with Gasteiger partial charge in [-0.1, -0.05) is 23.7 Å². The van der Waals surface area contributed by atoms with Gasteiger partial charge in [-0.2, -0.15) is 0 Å². The van der Waals surface area contributed by atoms with Gasteiger partial charge in [0.2, 0.25) is 0 Å². The summed E-state index contributed by atoms with van der Waals surface area (Å²) in [7, 11) is 0. The Labute approximate surface area is 160 Å². The van der Waals surface area contributed by atoms with Crippen LogP contribution in [0, 0.1) is 5.82 Å². The molecule has 0 fully saturated rings. The van der Waals surface area contributed by atoms with Gasteiger partial charge in [-0.25, -0.2) is 9.37 Å². The zero-order chi connectivity index (χ0) is 19.0. The molecule has 0 aliphatic carbocycles. The molecule has 0 amide bonds. The van der Waals surface area contributed by atoms with Gasteiger partial charge in [-0.3, -0.25) is 9.69 Å². The molecule has 0 radical (unpaired) electrons. The van der Waals surface area contributed by atoms with Gasteiger partial charge in [0, 0.05) is 42.0 Å². The molecule has 0 saturated carbocycles. The third-order valence-corrected chi connectivity index (χ3v) is 5.05.